The number of halogens is 3. The molecular formula is C21H20F3NO4. The molecule has 0 bridgehead atoms. The normalized spacial score (nSPS) is 14.4. The predicted octanol–water partition coefficient (Wildman–Crippen LogP) is 4.00. The summed E-state index contributed by atoms with van der Waals surface area (Å²) in [6.45, 7) is 0.282. The van der Waals surface area contributed by atoms with Gasteiger partial charge in [-0.25, -0.2) is 0 Å². The van der Waals surface area contributed by atoms with Crippen molar-refractivity contribution < 1.29 is 32.2 Å². The molecule has 1 unspecified atom stereocenters. The number of hydrogen-bond donors (Lipinski definition) is 1. The first-order valence-corrected chi connectivity index (χ1v) is 8.91. The second-order valence-corrected chi connectivity index (χ2v) is 6.36. The Hall–Kier alpha value is -3.16. The molecule has 8 heteroatoms. The van der Waals surface area contributed by atoms with Crippen LogP contribution in [0.25, 0.3) is 0 Å². The number of benzene rings is 2. The zero-order valence-corrected chi connectivity index (χ0v) is 15.7. The molecule has 0 aromatic heterocycles. The van der Waals surface area contributed by atoms with E-state index in [0.29, 0.717) is 29.1 Å². The van der Waals surface area contributed by atoms with Gasteiger partial charge in [0.1, 0.15) is 17.9 Å². The Kier molecular flexibility index (Phi) is 6.31. The van der Waals surface area contributed by atoms with Crippen LogP contribution >= 0.6 is 0 Å². The minimum Gasteiger partial charge on any atom is -0.496 e. The summed E-state index contributed by atoms with van der Waals surface area (Å²) in [5.41, 5.74) is 0.609. The Morgan fingerprint density at radius 1 is 1.17 bits per heavy atom. The van der Waals surface area contributed by atoms with Gasteiger partial charge in [-0.3, -0.25) is 4.79 Å². The first-order chi connectivity index (χ1) is 13.9. The largest absolute Gasteiger partial charge is 0.496 e. The zero-order valence-electron chi connectivity index (χ0n) is 15.7. The van der Waals surface area contributed by atoms with Crippen molar-refractivity contribution in [2.45, 2.75) is 18.5 Å². The summed E-state index contributed by atoms with van der Waals surface area (Å²) in [5, 5.41) is 2.81. The smallest absolute Gasteiger partial charge is 0.416 e. The van der Waals surface area contributed by atoms with Crippen LogP contribution in [0.3, 0.4) is 0 Å². The molecule has 154 valence electrons. The van der Waals surface area contributed by atoms with Crippen LogP contribution in [0.15, 0.2) is 60.6 Å². The molecule has 29 heavy (non-hydrogen) atoms. The molecule has 1 atom stereocenters. The van der Waals surface area contributed by atoms with Gasteiger partial charge in [0.05, 0.1) is 12.7 Å². The van der Waals surface area contributed by atoms with Gasteiger partial charge in [0.15, 0.2) is 5.76 Å². The highest BCUT2D eigenvalue weighted by Gasteiger charge is 2.32. The summed E-state index contributed by atoms with van der Waals surface area (Å²) in [4.78, 5) is 12.9. The van der Waals surface area contributed by atoms with Gasteiger partial charge in [0.2, 0.25) is 12.7 Å². The van der Waals surface area contributed by atoms with E-state index >= 15 is 0 Å². The van der Waals surface area contributed by atoms with Gasteiger partial charge in [-0.05, 0) is 30.2 Å². The lowest BCUT2D eigenvalue weighted by Crippen LogP contribution is -2.32. The van der Waals surface area contributed by atoms with E-state index in [1.165, 1.54) is 25.5 Å². The fraction of sp³-hybridized carbons (Fsp3) is 0.286. The Labute approximate surface area is 166 Å². The van der Waals surface area contributed by atoms with Crippen LogP contribution in [0.2, 0.25) is 0 Å². The fourth-order valence-electron chi connectivity index (χ4n) is 3.02. The monoisotopic (exact) mass is 407 g/mol. The molecule has 0 radical (unpaired) electrons. The van der Waals surface area contributed by atoms with Gasteiger partial charge < -0.3 is 19.5 Å². The summed E-state index contributed by atoms with van der Waals surface area (Å²) in [7, 11) is 1.51. The third-order valence-electron chi connectivity index (χ3n) is 4.48. The maximum atomic E-state index is 12.9. The van der Waals surface area contributed by atoms with Crippen LogP contribution in [-0.2, 0) is 26.9 Å². The molecule has 0 saturated heterocycles. The summed E-state index contributed by atoms with van der Waals surface area (Å²) in [6, 6.07) is 12.0. The highest BCUT2D eigenvalue weighted by molar-refractivity contribution is 5.87. The first kappa shape index (κ1) is 20.6. The lowest BCUT2D eigenvalue weighted by Gasteiger charge is -2.19. The Bertz CT molecular complexity index is 878. The van der Waals surface area contributed by atoms with Crippen molar-refractivity contribution in [2.75, 3.05) is 20.4 Å². The number of para-hydroxylation sites is 1. The molecule has 2 aromatic carbocycles. The zero-order chi connectivity index (χ0) is 20.9. The molecule has 0 saturated carbocycles. The number of methoxy groups -OCH3 is 1. The molecule has 1 heterocycles. The lowest BCUT2D eigenvalue weighted by molar-refractivity contribution is -0.137. The van der Waals surface area contributed by atoms with E-state index in [4.69, 9.17) is 14.2 Å². The molecule has 1 N–H and O–H groups in total. The van der Waals surface area contributed by atoms with Crippen LogP contribution in [0, 0.1) is 0 Å². The van der Waals surface area contributed by atoms with Crippen LogP contribution in [0.4, 0.5) is 13.2 Å². The second kappa shape index (κ2) is 8.89. The van der Waals surface area contributed by atoms with Crippen molar-refractivity contribution in [3.8, 4) is 5.75 Å². The predicted molar refractivity (Wildman–Crippen MR) is 99.0 cm³/mol. The SMILES string of the molecule is COc1ccccc1C(C(=O)NCCc1ccc(C(F)(F)F)cc1)C1=COCO1. The number of alkyl halides is 3. The maximum Gasteiger partial charge on any atom is 0.416 e. The molecule has 0 fully saturated rings. The molecule has 5 nitrogen and oxygen atoms in total. The number of carbonyl (C=O) groups is 1. The topological polar surface area (TPSA) is 56.8 Å². The van der Waals surface area contributed by atoms with Gasteiger partial charge in [-0.1, -0.05) is 30.3 Å². The quantitative estimate of drug-likeness (QED) is 0.754. The van der Waals surface area contributed by atoms with Crippen molar-refractivity contribution >= 4 is 5.91 Å². The standard InChI is InChI=1S/C21H20F3NO4/c1-27-17-5-3-2-4-16(17)19(18-12-28-13-29-18)20(26)25-11-10-14-6-8-15(9-7-14)21(22,23)24/h2-9,12,19H,10-11,13H2,1H3,(H,25,26). The summed E-state index contributed by atoms with van der Waals surface area (Å²) in [5.74, 6) is -0.187. The first-order valence-electron chi connectivity index (χ1n) is 8.91. The van der Waals surface area contributed by atoms with Gasteiger partial charge in [-0.15, -0.1) is 0 Å². The van der Waals surface area contributed by atoms with Crippen molar-refractivity contribution in [1.29, 1.82) is 0 Å². The van der Waals surface area contributed by atoms with Crippen LogP contribution in [-0.4, -0.2) is 26.4 Å². The van der Waals surface area contributed by atoms with E-state index in [9.17, 15) is 18.0 Å². The van der Waals surface area contributed by atoms with E-state index < -0.39 is 17.7 Å². The summed E-state index contributed by atoms with van der Waals surface area (Å²) < 4.78 is 53.8. The third-order valence-corrected chi connectivity index (χ3v) is 4.48. The average Bonchev–Trinajstić information content (AvgIpc) is 3.22. The minimum absolute atomic E-state index is 0.0276. The van der Waals surface area contributed by atoms with Crippen LogP contribution in [0.1, 0.15) is 22.6 Å². The number of ether oxygens (including phenoxy) is 3. The Morgan fingerprint density at radius 2 is 1.90 bits per heavy atom. The van der Waals surface area contributed by atoms with Crippen molar-refractivity contribution in [3.63, 3.8) is 0 Å². The van der Waals surface area contributed by atoms with Crippen molar-refractivity contribution in [2.24, 2.45) is 0 Å². The van der Waals surface area contributed by atoms with Crippen molar-refractivity contribution in [1.82, 2.24) is 5.32 Å². The molecule has 1 amide bonds. The lowest BCUT2D eigenvalue weighted by atomic mass is 9.95. The van der Waals surface area contributed by atoms with Gasteiger partial charge in [0, 0.05) is 12.1 Å². The van der Waals surface area contributed by atoms with E-state index in [0.717, 1.165) is 12.1 Å². The number of hydrogen-bond acceptors (Lipinski definition) is 4. The van der Waals surface area contributed by atoms with Gasteiger partial charge >= 0.3 is 6.18 Å². The van der Waals surface area contributed by atoms with Gasteiger partial charge in [-0.2, -0.15) is 13.2 Å². The van der Waals surface area contributed by atoms with E-state index in [1.54, 1.807) is 24.3 Å². The minimum atomic E-state index is -4.37. The second-order valence-electron chi connectivity index (χ2n) is 6.36. The molecule has 1 aliphatic heterocycles. The highest BCUT2D eigenvalue weighted by Crippen LogP contribution is 2.34. The van der Waals surface area contributed by atoms with Crippen LogP contribution in [0.5, 0.6) is 5.75 Å². The number of carbonyl (C=O) groups excluding carboxylic acids is 1. The van der Waals surface area contributed by atoms with E-state index in [1.807, 2.05) is 0 Å². The van der Waals surface area contributed by atoms with Crippen molar-refractivity contribution in [3.05, 3.63) is 77.2 Å². The molecule has 3 rings (SSSR count). The highest BCUT2D eigenvalue weighted by atomic mass is 19.4. The third kappa shape index (κ3) is 5.01. The molecule has 1 aliphatic rings. The molecular weight excluding hydrogens is 387 g/mol. The van der Waals surface area contributed by atoms with Gasteiger partial charge in [0.25, 0.3) is 0 Å². The van der Waals surface area contributed by atoms with E-state index in [-0.39, 0.29) is 19.2 Å². The Balaban J connectivity index is 1.68. The Morgan fingerprint density at radius 3 is 2.52 bits per heavy atom. The average molecular weight is 407 g/mol. The molecule has 2 aromatic rings. The van der Waals surface area contributed by atoms with Crippen LogP contribution < -0.4 is 10.1 Å². The number of amides is 1. The number of rotatable bonds is 7. The maximum absolute atomic E-state index is 12.9. The molecule has 0 aliphatic carbocycles. The molecule has 0 spiro atoms. The fourth-order valence-corrected chi connectivity index (χ4v) is 3.02. The summed E-state index contributed by atoms with van der Waals surface area (Å²) >= 11 is 0. The number of nitrogens with one attached hydrogen (secondary N) is 1. The van der Waals surface area contributed by atoms with E-state index in [2.05, 4.69) is 5.32 Å². The summed E-state index contributed by atoms with van der Waals surface area (Å²) in [6.07, 6.45) is -2.59.